The van der Waals surface area contributed by atoms with Crippen molar-refractivity contribution < 1.29 is 13.9 Å². The minimum Gasteiger partial charge on any atom is -0.393 e. The lowest BCUT2D eigenvalue weighted by Crippen LogP contribution is -2.24. The second-order valence-electron chi connectivity index (χ2n) is 4.50. The average Bonchev–Trinajstić information content (AvgIpc) is 2.25. The lowest BCUT2D eigenvalue weighted by Gasteiger charge is -2.21. The van der Waals surface area contributed by atoms with E-state index in [1.54, 1.807) is 21.0 Å². The summed E-state index contributed by atoms with van der Waals surface area (Å²) in [7, 11) is 3.33. The monoisotopic (exact) mass is 258 g/mol. The SMILES string of the molecule is CNCc1cc(F)c(N(C)CCC(C)O)c(F)c1. The molecule has 0 radical (unpaired) electrons. The van der Waals surface area contributed by atoms with Crippen molar-refractivity contribution in [1.82, 2.24) is 5.32 Å². The Hall–Kier alpha value is -1.20. The Labute approximate surface area is 106 Å². The molecule has 0 heterocycles. The van der Waals surface area contributed by atoms with E-state index in [4.69, 9.17) is 0 Å². The van der Waals surface area contributed by atoms with Gasteiger partial charge in [0.25, 0.3) is 0 Å². The zero-order valence-electron chi connectivity index (χ0n) is 11.0. The molecule has 0 amide bonds. The molecule has 102 valence electrons. The van der Waals surface area contributed by atoms with Gasteiger partial charge in [0.2, 0.25) is 0 Å². The van der Waals surface area contributed by atoms with Crippen LogP contribution in [-0.4, -0.2) is 31.9 Å². The first-order valence-electron chi connectivity index (χ1n) is 5.97. The number of aliphatic hydroxyl groups excluding tert-OH is 1. The van der Waals surface area contributed by atoms with E-state index in [-0.39, 0.29) is 5.69 Å². The molecule has 0 aliphatic carbocycles. The topological polar surface area (TPSA) is 35.5 Å². The van der Waals surface area contributed by atoms with Crippen molar-refractivity contribution in [3.05, 3.63) is 29.3 Å². The molecule has 3 nitrogen and oxygen atoms in total. The van der Waals surface area contributed by atoms with Gasteiger partial charge in [-0.05, 0) is 38.1 Å². The van der Waals surface area contributed by atoms with E-state index < -0.39 is 17.7 Å². The van der Waals surface area contributed by atoms with Gasteiger partial charge in [-0.3, -0.25) is 0 Å². The highest BCUT2D eigenvalue weighted by molar-refractivity contribution is 5.50. The van der Waals surface area contributed by atoms with Crippen molar-refractivity contribution in [1.29, 1.82) is 0 Å². The molecule has 1 unspecified atom stereocenters. The third-order valence-corrected chi connectivity index (χ3v) is 2.72. The lowest BCUT2D eigenvalue weighted by atomic mass is 10.1. The van der Waals surface area contributed by atoms with E-state index in [0.29, 0.717) is 25.1 Å². The number of aliphatic hydroxyl groups is 1. The predicted molar refractivity (Wildman–Crippen MR) is 68.7 cm³/mol. The van der Waals surface area contributed by atoms with E-state index in [1.807, 2.05) is 0 Å². The summed E-state index contributed by atoms with van der Waals surface area (Å²) in [5.41, 5.74) is 0.524. The van der Waals surface area contributed by atoms with Crippen LogP contribution in [0.25, 0.3) is 0 Å². The summed E-state index contributed by atoms with van der Waals surface area (Å²) in [6, 6.07) is 2.65. The number of benzene rings is 1. The molecule has 1 rings (SSSR count). The third kappa shape index (κ3) is 3.92. The highest BCUT2D eigenvalue weighted by Gasteiger charge is 2.15. The first-order chi connectivity index (χ1) is 8.45. The van der Waals surface area contributed by atoms with Crippen LogP contribution in [0.1, 0.15) is 18.9 Å². The molecule has 0 saturated carbocycles. The van der Waals surface area contributed by atoms with Gasteiger partial charge in [0, 0.05) is 20.1 Å². The van der Waals surface area contributed by atoms with E-state index in [9.17, 15) is 13.9 Å². The minimum absolute atomic E-state index is 0.0458. The fourth-order valence-electron chi connectivity index (χ4n) is 1.78. The molecule has 0 aliphatic heterocycles. The Kier molecular flexibility index (Phi) is 5.50. The van der Waals surface area contributed by atoms with Crippen LogP contribution in [0, 0.1) is 11.6 Å². The van der Waals surface area contributed by atoms with Crippen LogP contribution in [0.4, 0.5) is 14.5 Å². The number of anilines is 1. The van der Waals surface area contributed by atoms with Gasteiger partial charge in [0.1, 0.15) is 17.3 Å². The summed E-state index contributed by atoms with van der Waals surface area (Å²) in [6.45, 7) is 2.47. The smallest absolute Gasteiger partial charge is 0.149 e. The molecule has 0 saturated heterocycles. The summed E-state index contributed by atoms with van der Waals surface area (Å²) < 4.78 is 27.7. The molecule has 0 spiro atoms. The van der Waals surface area contributed by atoms with Crippen molar-refractivity contribution in [2.24, 2.45) is 0 Å². The van der Waals surface area contributed by atoms with Crippen molar-refractivity contribution in [2.75, 3.05) is 25.5 Å². The van der Waals surface area contributed by atoms with Crippen LogP contribution >= 0.6 is 0 Å². The van der Waals surface area contributed by atoms with Gasteiger partial charge < -0.3 is 15.3 Å². The molecule has 5 heteroatoms. The first-order valence-corrected chi connectivity index (χ1v) is 5.97. The minimum atomic E-state index is -0.576. The van der Waals surface area contributed by atoms with Gasteiger partial charge in [-0.25, -0.2) is 8.78 Å². The number of rotatable bonds is 6. The Morgan fingerprint density at radius 2 is 1.89 bits per heavy atom. The standard InChI is InChI=1S/C13H20F2N2O/c1-9(18)4-5-17(3)13-11(14)6-10(8-16-2)7-12(13)15/h6-7,9,16,18H,4-5,8H2,1-3H3. The Morgan fingerprint density at radius 3 is 2.33 bits per heavy atom. The Bertz CT molecular complexity index is 374. The molecule has 1 aromatic carbocycles. The molecule has 0 bridgehead atoms. The van der Waals surface area contributed by atoms with Crippen LogP contribution in [0.2, 0.25) is 0 Å². The number of hydrogen-bond acceptors (Lipinski definition) is 3. The molecule has 1 aromatic rings. The van der Waals surface area contributed by atoms with Crippen LogP contribution in [-0.2, 0) is 6.54 Å². The molecule has 0 aromatic heterocycles. The van der Waals surface area contributed by atoms with Gasteiger partial charge >= 0.3 is 0 Å². The summed E-state index contributed by atoms with van der Waals surface area (Å²) in [6.07, 6.45) is -0.0182. The molecule has 0 aliphatic rings. The first kappa shape index (κ1) is 14.9. The van der Waals surface area contributed by atoms with E-state index >= 15 is 0 Å². The third-order valence-electron chi connectivity index (χ3n) is 2.72. The van der Waals surface area contributed by atoms with Crippen molar-refractivity contribution in [3.8, 4) is 0 Å². The summed E-state index contributed by atoms with van der Waals surface area (Å²) >= 11 is 0. The Balaban J connectivity index is 2.88. The maximum atomic E-state index is 13.8. The van der Waals surface area contributed by atoms with E-state index in [0.717, 1.165) is 0 Å². The van der Waals surface area contributed by atoms with Crippen LogP contribution in [0.5, 0.6) is 0 Å². The van der Waals surface area contributed by atoms with E-state index in [1.165, 1.54) is 17.0 Å². The highest BCUT2D eigenvalue weighted by atomic mass is 19.1. The lowest BCUT2D eigenvalue weighted by molar-refractivity contribution is 0.186. The molecule has 0 fully saturated rings. The average molecular weight is 258 g/mol. The van der Waals surface area contributed by atoms with Gasteiger partial charge in [0.05, 0.1) is 6.10 Å². The van der Waals surface area contributed by atoms with Crippen molar-refractivity contribution in [2.45, 2.75) is 26.0 Å². The number of halogens is 2. The molecule has 18 heavy (non-hydrogen) atoms. The molecular weight excluding hydrogens is 238 g/mol. The second kappa shape index (κ2) is 6.66. The summed E-state index contributed by atoms with van der Waals surface area (Å²) in [4.78, 5) is 1.49. The van der Waals surface area contributed by atoms with Crippen LogP contribution in [0.15, 0.2) is 12.1 Å². The summed E-state index contributed by atoms with van der Waals surface area (Å²) in [5, 5.41) is 12.0. The van der Waals surface area contributed by atoms with E-state index in [2.05, 4.69) is 5.32 Å². The molecular formula is C13H20F2N2O. The maximum Gasteiger partial charge on any atom is 0.149 e. The second-order valence-corrected chi connectivity index (χ2v) is 4.50. The number of nitrogens with zero attached hydrogens (tertiary/aromatic N) is 1. The fourth-order valence-corrected chi connectivity index (χ4v) is 1.78. The summed E-state index contributed by atoms with van der Waals surface area (Å²) in [5.74, 6) is -1.15. The fraction of sp³-hybridized carbons (Fsp3) is 0.538. The van der Waals surface area contributed by atoms with Crippen molar-refractivity contribution >= 4 is 5.69 Å². The van der Waals surface area contributed by atoms with Crippen molar-refractivity contribution in [3.63, 3.8) is 0 Å². The molecule has 1 atom stereocenters. The van der Waals surface area contributed by atoms with Gasteiger partial charge in [-0.1, -0.05) is 0 Å². The Morgan fingerprint density at radius 1 is 1.33 bits per heavy atom. The maximum absolute atomic E-state index is 13.8. The predicted octanol–water partition coefficient (Wildman–Crippen LogP) is 1.89. The largest absolute Gasteiger partial charge is 0.393 e. The highest BCUT2D eigenvalue weighted by Crippen LogP contribution is 2.24. The van der Waals surface area contributed by atoms with Gasteiger partial charge in [-0.2, -0.15) is 0 Å². The zero-order chi connectivity index (χ0) is 13.7. The normalized spacial score (nSPS) is 12.6. The van der Waals surface area contributed by atoms with Crippen LogP contribution < -0.4 is 10.2 Å². The van der Waals surface area contributed by atoms with Gasteiger partial charge in [-0.15, -0.1) is 0 Å². The number of nitrogens with one attached hydrogen (secondary N) is 1. The quantitative estimate of drug-likeness (QED) is 0.818. The van der Waals surface area contributed by atoms with Gasteiger partial charge in [0.15, 0.2) is 0 Å². The number of hydrogen-bond donors (Lipinski definition) is 2. The molecule has 2 N–H and O–H groups in total. The zero-order valence-corrected chi connectivity index (χ0v) is 11.0. The van der Waals surface area contributed by atoms with Crippen LogP contribution in [0.3, 0.4) is 0 Å².